The number of carboxylic acid groups (broad SMARTS) is 1. The van der Waals surface area contributed by atoms with Crippen LogP contribution in [0.3, 0.4) is 0 Å². The Balaban J connectivity index is 1.80. The number of likely N-dealkylation sites (tertiary alicyclic amines) is 1. The zero-order valence-corrected chi connectivity index (χ0v) is 20.0. The lowest BCUT2D eigenvalue weighted by Crippen LogP contribution is -2.60. The summed E-state index contributed by atoms with van der Waals surface area (Å²) < 4.78 is 0. The fraction of sp³-hybridized carbons (Fsp3) is 0.545. The Hall–Kier alpha value is -2.35. The van der Waals surface area contributed by atoms with Crippen LogP contribution in [-0.2, 0) is 11.3 Å². The van der Waals surface area contributed by atoms with E-state index in [0.717, 1.165) is 17.7 Å². The van der Waals surface area contributed by atoms with E-state index in [0.29, 0.717) is 49.7 Å². The van der Waals surface area contributed by atoms with Gasteiger partial charge in [0.25, 0.3) is 0 Å². The summed E-state index contributed by atoms with van der Waals surface area (Å²) in [5, 5.41) is 22.6. The SMILES string of the molecule is CCN(C(=O)O)C(=S)N1CCC2(CC1)NC(CCSC)C(=O)N2Cc1cccc(C#N)c1. The van der Waals surface area contributed by atoms with Gasteiger partial charge in [0.15, 0.2) is 5.11 Å². The Morgan fingerprint density at radius 1 is 1.44 bits per heavy atom. The van der Waals surface area contributed by atoms with Crippen molar-refractivity contribution in [1.82, 2.24) is 20.0 Å². The number of nitrogens with zero attached hydrogens (tertiary/aromatic N) is 4. The molecule has 3 rings (SSSR count). The predicted octanol–water partition coefficient (Wildman–Crippen LogP) is 2.69. The number of nitrogens with one attached hydrogen (secondary N) is 1. The van der Waals surface area contributed by atoms with Gasteiger partial charge in [-0.15, -0.1) is 0 Å². The monoisotopic (exact) mass is 475 g/mol. The van der Waals surface area contributed by atoms with Crippen molar-refractivity contribution in [2.45, 2.75) is 44.4 Å². The number of rotatable bonds is 6. The molecule has 0 aliphatic carbocycles. The van der Waals surface area contributed by atoms with Crippen molar-refractivity contribution in [2.75, 3.05) is 31.6 Å². The Kier molecular flexibility index (Phi) is 7.98. The molecule has 0 saturated carbocycles. The summed E-state index contributed by atoms with van der Waals surface area (Å²) in [6.45, 7) is 3.61. The van der Waals surface area contributed by atoms with Gasteiger partial charge >= 0.3 is 6.09 Å². The van der Waals surface area contributed by atoms with Gasteiger partial charge in [0, 0.05) is 39.0 Å². The van der Waals surface area contributed by atoms with Gasteiger partial charge in [-0.25, -0.2) is 4.79 Å². The lowest BCUT2D eigenvalue weighted by atomic mass is 9.95. The molecule has 10 heteroatoms. The van der Waals surface area contributed by atoms with Crippen molar-refractivity contribution in [2.24, 2.45) is 0 Å². The second-order valence-electron chi connectivity index (χ2n) is 8.04. The van der Waals surface area contributed by atoms with Crippen LogP contribution in [0, 0.1) is 11.3 Å². The predicted molar refractivity (Wildman–Crippen MR) is 128 cm³/mol. The maximum Gasteiger partial charge on any atom is 0.413 e. The summed E-state index contributed by atoms with van der Waals surface area (Å²) in [6, 6.07) is 9.27. The van der Waals surface area contributed by atoms with E-state index in [9.17, 15) is 20.0 Å². The van der Waals surface area contributed by atoms with Crippen LogP contribution in [0.1, 0.15) is 37.3 Å². The normalized spacial score (nSPS) is 19.8. The second kappa shape index (κ2) is 10.5. The molecule has 2 N–H and O–H groups in total. The molecule has 2 fully saturated rings. The van der Waals surface area contributed by atoms with Crippen LogP contribution in [0.2, 0.25) is 0 Å². The number of benzene rings is 1. The Labute approximate surface area is 198 Å². The molecular weight excluding hydrogens is 446 g/mol. The van der Waals surface area contributed by atoms with Gasteiger partial charge in [-0.1, -0.05) is 12.1 Å². The molecule has 32 heavy (non-hydrogen) atoms. The number of thiocarbonyl (C=S) groups is 1. The van der Waals surface area contributed by atoms with E-state index in [1.165, 1.54) is 4.90 Å². The number of carbonyl (C=O) groups is 2. The standard InChI is InChI=1S/C22H29N5O3S2/c1-3-26(21(29)30)20(31)25-10-8-22(9-11-25)24-18(7-12-32-2)19(28)27(22)15-17-6-4-5-16(13-17)14-23/h4-6,13,18,24H,3,7-12,15H2,1-2H3,(H,29,30). The highest BCUT2D eigenvalue weighted by molar-refractivity contribution is 7.98. The van der Waals surface area contributed by atoms with E-state index < -0.39 is 11.8 Å². The van der Waals surface area contributed by atoms with Crippen LogP contribution in [0.15, 0.2) is 24.3 Å². The van der Waals surface area contributed by atoms with Gasteiger partial charge in [-0.3, -0.25) is 15.0 Å². The fourth-order valence-corrected chi connectivity index (χ4v) is 5.31. The third kappa shape index (κ3) is 5.00. The molecule has 0 aromatic heterocycles. The summed E-state index contributed by atoms with van der Waals surface area (Å²) >= 11 is 7.15. The minimum atomic E-state index is -1.05. The average Bonchev–Trinajstić information content (AvgIpc) is 3.03. The first kappa shape index (κ1) is 24.3. The Morgan fingerprint density at radius 2 is 2.16 bits per heavy atom. The molecule has 0 bridgehead atoms. The van der Waals surface area contributed by atoms with Crippen LogP contribution in [0.25, 0.3) is 0 Å². The summed E-state index contributed by atoms with van der Waals surface area (Å²) in [5.74, 6) is 0.968. The first-order valence-corrected chi connectivity index (χ1v) is 12.5. The van der Waals surface area contributed by atoms with Crippen LogP contribution in [-0.4, -0.2) is 80.3 Å². The molecule has 2 amide bonds. The molecule has 1 atom stereocenters. The van der Waals surface area contributed by atoms with Gasteiger partial charge in [0.05, 0.1) is 23.3 Å². The molecule has 2 aliphatic rings. The number of hydrogen-bond acceptors (Lipinski definition) is 6. The van der Waals surface area contributed by atoms with Gasteiger partial charge in [0.2, 0.25) is 5.91 Å². The van der Waals surface area contributed by atoms with Crippen molar-refractivity contribution >= 4 is 41.1 Å². The van der Waals surface area contributed by atoms with E-state index in [-0.39, 0.29) is 11.9 Å². The molecule has 1 aromatic rings. The minimum Gasteiger partial charge on any atom is -0.465 e. The van der Waals surface area contributed by atoms with Gasteiger partial charge < -0.3 is 14.9 Å². The van der Waals surface area contributed by atoms with Crippen LogP contribution in [0.4, 0.5) is 4.79 Å². The summed E-state index contributed by atoms with van der Waals surface area (Å²) in [5.41, 5.74) is 0.989. The number of piperidine rings is 1. The number of carbonyl (C=O) groups excluding carboxylic acids is 1. The quantitative estimate of drug-likeness (QED) is 0.606. The third-order valence-electron chi connectivity index (χ3n) is 6.17. The summed E-state index contributed by atoms with van der Waals surface area (Å²) in [7, 11) is 0. The van der Waals surface area contributed by atoms with Crippen molar-refractivity contribution in [3.05, 3.63) is 35.4 Å². The van der Waals surface area contributed by atoms with E-state index in [2.05, 4.69) is 11.4 Å². The minimum absolute atomic E-state index is 0.0816. The second-order valence-corrected chi connectivity index (χ2v) is 9.39. The molecule has 8 nitrogen and oxygen atoms in total. The average molecular weight is 476 g/mol. The van der Waals surface area contributed by atoms with E-state index in [1.54, 1.807) is 24.8 Å². The van der Waals surface area contributed by atoms with Crippen molar-refractivity contribution in [3.8, 4) is 6.07 Å². The third-order valence-corrected chi connectivity index (χ3v) is 7.29. The maximum absolute atomic E-state index is 13.4. The molecule has 0 radical (unpaired) electrons. The highest BCUT2D eigenvalue weighted by Crippen LogP contribution is 2.35. The molecule has 1 unspecified atom stereocenters. The van der Waals surface area contributed by atoms with Gasteiger partial charge in [0.1, 0.15) is 0 Å². The molecule has 1 aromatic carbocycles. The number of nitriles is 1. The lowest BCUT2D eigenvalue weighted by molar-refractivity contribution is -0.134. The largest absolute Gasteiger partial charge is 0.465 e. The summed E-state index contributed by atoms with van der Waals surface area (Å²) in [6.07, 6.45) is 3.01. The number of thioether (sulfide) groups is 1. The lowest BCUT2D eigenvalue weighted by Gasteiger charge is -2.46. The Morgan fingerprint density at radius 3 is 2.75 bits per heavy atom. The topological polar surface area (TPSA) is 99.9 Å². The Bertz CT molecular complexity index is 911. The van der Waals surface area contributed by atoms with Crippen molar-refractivity contribution < 1.29 is 14.7 Å². The zero-order valence-electron chi connectivity index (χ0n) is 18.4. The summed E-state index contributed by atoms with van der Waals surface area (Å²) in [4.78, 5) is 29.9. The van der Waals surface area contributed by atoms with E-state index in [1.807, 2.05) is 34.3 Å². The highest BCUT2D eigenvalue weighted by atomic mass is 32.2. The van der Waals surface area contributed by atoms with Crippen LogP contribution >= 0.6 is 24.0 Å². The van der Waals surface area contributed by atoms with Crippen LogP contribution < -0.4 is 5.32 Å². The van der Waals surface area contributed by atoms with Crippen LogP contribution in [0.5, 0.6) is 0 Å². The van der Waals surface area contributed by atoms with Gasteiger partial charge in [-0.05, 0) is 55.3 Å². The molecule has 2 heterocycles. The van der Waals surface area contributed by atoms with E-state index in [4.69, 9.17) is 12.2 Å². The fourth-order valence-electron chi connectivity index (χ4n) is 4.45. The molecular formula is C22H29N5O3S2. The molecule has 172 valence electrons. The van der Waals surface area contributed by atoms with E-state index >= 15 is 0 Å². The smallest absolute Gasteiger partial charge is 0.413 e. The van der Waals surface area contributed by atoms with Crippen molar-refractivity contribution in [1.29, 1.82) is 5.26 Å². The number of hydrogen-bond donors (Lipinski definition) is 2. The first-order valence-electron chi connectivity index (χ1n) is 10.7. The molecule has 2 aliphatic heterocycles. The highest BCUT2D eigenvalue weighted by Gasteiger charge is 2.51. The number of amides is 2. The molecule has 2 saturated heterocycles. The maximum atomic E-state index is 13.4. The van der Waals surface area contributed by atoms with Crippen molar-refractivity contribution in [3.63, 3.8) is 0 Å². The molecule has 1 spiro atoms. The zero-order chi connectivity index (χ0) is 23.3. The first-order chi connectivity index (χ1) is 15.3. The van der Waals surface area contributed by atoms with Gasteiger partial charge in [-0.2, -0.15) is 17.0 Å².